The molecule has 0 bridgehead atoms. The van der Waals surface area contributed by atoms with E-state index in [-0.39, 0.29) is 11.3 Å². The van der Waals surface area contributed by atoms with Gasteiger partial charge in [-0.15, -0.1) is 0 Å². The van der Waals surface area contributed by atoms with E-state index in [4.69, 9.17) is 9.47 Å². The van der Waals surface area contributed by atoms with E-state index in [1.165, 1.54) is 0 Å². The van der Waals surface area contributed by atoms with E-state index in [2.05, 4.69) is 10.6 Å². The van der Waals surface area contributed by atoms with Gasteiger partial charge in [0.05, 0.1) is 12.8 Å². The molecule has 34 heavy (non-hydrogen) atoms. The van der Waals surface area contributed by atoms with Crippen LogP contribution in [0, 0.1) is 0 Å². The first-order valence-electron chi connectivity index (χ1n) is 11.8. The summed E-state index contributed by atoms with van der Waals surface area (Å²) in [6.45, 7) is 2.23. The Balaban J connectivity index is 1.27. The maximum absolute atomic E-state index is 12.7. The van der Waals surface area contributed by atoms with Crippen molar-refractivity contribution in [3.63, 3.8) is 0 Å². The number of carbonyl (C=O) groups is 3. The zero-order valence-corrected chi connectivity index (χ0v) is 19.3. The number of aryl methyl sites for hydroxylation is 1. The van der Waals surface area contributed by atoms with E-state index in [9.17, 15) is 14.4 Å². The summed E-state index contributed by atoms with van der Waals surface area (Å²) >= 11 is 0. The standard InChI is InChI=1S/C26H29N3O5/c1-33-21-5-3-19(4-6-21)26(9-12-34-13-10-26)16-27-24(31)25(32)28-20-14-17-2-7-22(30)29-11-8-18(15-20)23(17)29/h3-6,14-15H,2,7-13,16H2,1H3,(H,27,31)(H,28,32). The van der Waals surface area contributed by atoms with Crippen LogP contribution in [0.5, 0.6) is 5.75 Å². The summed E-state index contributed by atoms with van der Waals surface area (Å²) in [5.41, 5.74) is 4.47. The number of hydrogen-bond donors (Lipinski definition) is 2. The van der Waals surface area contributed by atoms with Gasteiger partial charge in [-0.1, -0.05) is 12.1 Å². The van der Waals surface area contributed by atoms with E-state index < -0.39 is 11.8 Å². The molecule has 0 atom stereocenters. The van der Waals surface area contributed by atoms with Gasteiger partial charge in [0.2, 0.25) is 5.91 Å². The normalized spacial score (nSPS) is 18.3. The highest BCUT2D eigenvalue weighted by atomic mass is 16.5. The fourth-order valence-corrected chi connectivity index (χ4v) is 5.32. The number of rotatable bonds is 5. The van der Waals surface area contributed by atoms with E-state index in [0.29, 0.717) is 44.8 Å². The molecule has 0 unspecified atom stereocenters. The Morgan fingerprint density at radius 3 is 2.44 bits per heavy atom. The van der Waals surface area contributed by atoms with Crippen molar-refractivity contribution in [2.75, 3.05) is 43.6 Å². The van der Waals surface area contributed by atoms with Gasteiger partial charge in [0.25, 0.3) is 0 Å². The van der Waals surface area contributed by atoms with Gasteiger partial charge in [-0.3, -0.25) is 14.4 Å². The summed E-state index contributed by atoms with van der Waals surface area (Å²) in [5.74, 6) is -0.423. The second-order valence-electron chi connectivity index (χ2n) is 9.20. The van der Waals surface area contributed by atoms with E-state index in [1.54, 1.807) is 7.11 Å². The van der Waals surface area contributed by atoms with Gasteiger partial charge >= 0.3 is 11.8 Å². The molecule has 5 rings (SSSR count). The molecule has 0 radical (unpaired) electrons. The molecule has 2 aromatic rings. The molecular weight excluding hydrogens is 434 g/mol. The summed E-state index contributed by atoms with van der Waals surface area (Å²) in [5, 5.41) is 5.61. The van der Waals surface area contributed by atoms with Gasteiger partial charge in [-0.25, -0.2) is 0 Å². The van der Waals surface area contributed by atoms with Gasteiger partial charge in [-0.2, -0.15) is 0 Å². The van der Waals surface area contributed by atoms with Crippen molar-refractivity contribution in [2.24, 2.45) is 0 Å². The minimum absolute atomic E-state index is 0.154. The monoisotopic (exact) mass is 463 g/mol. The maximum Gasteiger partial charge on any atom is 0.313 e. The first kappa shape index (κ1) is 22.4. The van der Waals surface area contributed by atoms with Crippen molar-refractivity contribution in [2.45, 2.75) is 37.5 Å². The molecule has 0 aromatic heterocycles. The van der Waals surface area contributed by atoms with Gasteiger partial charge in [-0.05, 0) is 66.6 Å². The zero-order chi connectivity index (χ0) is 23.7. The molecule has 178 valence electrons. The van der Waals surface area contributed by atoms with Crippen LogP contribution < -0.4 is 20.3 Å². The molecule has 0 spiro atoms. The van der Waals surface area contributed by atoms with Crippen LogP contribution in [0.25, 0.3) is 0 Å². The first-order chi connectivity index (χ1) is 16.5. The Labute approximate surface area is 198 Å². The van der Waals surface area contributed by atoms with Crippen molar-refractivity contribution in [1.29, 1.82) is 0 Å². The summed E-state index contributed by atoms with van der Waals surface area (Å²) in [4.78, 5) is 39.4. The second-order valence-corrected chi connectivity index (χ2v) is 9.20. The number of benzene rings is 2. The summed E-state index contributed by atoms with van der Waals surface area (Å²) in [7, 11) is 1.63. The largest absolute Gasteiger partial charge is 0.497 e. The van der Waals surface area contributed by atoms with Crippen molar-refractivity contribution in [3.05, 3.63) is 53.1 Å². The Bertz CT molecular complexity index is 1120. The number of carbonyl (C=O) groups excluding carboxylic acids is 3. The van der Waals surface area contributed by atoms with Crippen molar-refractivity contribution < 1.29 is 23.9 Å². The number of anilines is 2. The Hall–Kier alpha value is -3.39. The smallest absolute Gasteiger partial charge is 0.313 e. The average molecular weight is 464 g/mol. The molecule has 3 amide bonds. The van der Waals surface area contributed by atoms with Gasteiger partial charge < -0.3 is 25.0 Å². The Morgan fingerprint density at radius 1 is 1.03 bits per heavy atom. The number of nitrogens with one attached hydrogen (secondary N) is 2. The highest BCUT2D eigenvalue weighted by molar-refractivity contribution is 6.39. The maximum atomic E-state index is 12.7. The fraction of sp³-hybridized carbons (Fsp3) is 0.423. The molecule has 2 aromatic carbocycles. The highest BCUT2D eigenvalue weighted by Crippen LogP contribution is 2.39. The molecule has 8 heteroatoms. The molecule has 0 saturated carbocycles. The quantitative estimate of drug-likeness (QED) is 0.664. The summed E-state index contributed by atoms with van der Waals surface area (Å²) in [6, 6.07) is 11.6. The van der Waals surface area contributed by atoms with Gasteiger partial charge in [0.15, 0.2) is 0 Å². The summed E-state index contributed by atoms with van der Waals surface area (Å²) in [6.07, 6.45) is 3.40. The van der Waals surface area contributed by atoms with Crippen LogP contribution in [0.4, 0.5) is 11.4 Å². The molecule has 2 N–H and O–H groups in total. The molecule has 1 fully saturated rings. The third-order valence-corrected chi connectivity index (χ3v) is 7.26. The number of hydrogen-bond acceptors (Lipinski definition) is 5. The molecule has 1 saturated heterocycles. The second kappa shape index (κ2) is 9.10. The van der Waals surface area contributed by atoms with Crippen molar-refractivity contribution >= 4 is 29.1 Å². The molecule has 3 heterocycles. The van der Waals surface area contributed by atoms with Crippen molar-refractivity contribution in [1.82, 2.24) is 5.32 Å². The summed E-state index contributed by atoms with van der Waals surface area (Å²) < 4.78 is 10.8. The number of nitrogens with zero attached hydrogens (tertiary/aromatic N) is 1. The molecule has 3 aliphatic heterocycles. The predicted molar refractivity (Wildman–Crippen MR) is 127 cm³/mol. The lowest BCUT2D eigenvalue weighted by Crippen LogP contribution is -2.47. The van der Waals surface area contributed by atoms with Crippen LogP contribution in [0.1, 0.15) is 36.0 Å². The van der Waals surface area contributed by atoms with Crippen LogP contribution in [-0.4, -0.2) is 51.1 Å². The van der Waals surface area contributed by atoms with Crippen LogP contribution in [-0.2, 0) is 37.4 Å². The van der Waals surface area contributed by atoms with Gasteiger partial charge in [0, 0.05) is 43.8 Å². The van der Waals surface area contributed by atoms with Gasteiger partial charge in [0.1, 0.15) is 5.75 Å². The first-order valence-corrected chi connectivity index (χ1v) is 11.8. The Kier molecular flexibility index (Phi) is 6.00. The number of ether oxygens (including phenoxy) is 2. The third kappa shape index (κ3) is 4.14. The van der Waals surface area contributed by atoms with Crippen LogP contribution in [0.3, 0.4) is 0 Å². The van der Waals surface area contributed by atoms with E-state index in [1.807, 2.05) is 41.3 Å². The topological polar surface area (TPSA) is 97.0 Å². The zero-order valence-electron chi connectivity index (χ0n) is 19.3. The highest BCUT2D eigenvalue weighted by Gasteiger charge is 2.36. The SMILES string of the molecule is COc1ccc(C2(CNC(=O)C(=O)Nc3cc4c5c(c3)CCN5C(=O)CC4)CCOCC2)cc1. The van der Waals surface area contributed by atoms with Crippen molar-refractivity contribution in [3.8, 4) is 5.75 Å². The lowest BCUT2D eigenvalue weighted by Gasteiger charge is -2.38. The van der Waals surface area contributed by atoms with Crippen LogP contribution in [0.15, 0.2) is 36.4 Å². The molecule has 8 nitrogen and oxygen atoms in total. The number of amides is 3. The third-order valence-electron chi connectivity index (χ3n) is 7.26. The minimum atomic E-state index is -0.689. The fourth-order valence-electron chi connectivity index (χ4n) is 5.32. The molecule has 0 aliphatic carbocycles. The van der Waals surface area contributed by atoms with Crippen LogP contribution in [0.2, 0.25) is 0 Å². The Morgan fingerprint density at radius 2 is 1.74 bits per heavy atom. The minimum Gasteiger partial charge on any atom is -0.497 e. The molecular formula is C26H29N3O5. The lowest BCUT2D eigenvalue weighted by molar-refractivity contribution is -0.136. The van der Waals surface area contributed by atoms with E-state index >= 15 is 0 Å². The average Bonchev–Trinajstić information content (AvgIpc) is 3.30. The lowest BCUT2D eigenvalue weighted by atomic mass is 9.74. The predicted octanol–water partition coefficient (Wildman–Crippen LogP) is 2.33. The number of methoxy groups -OCH3 is 1. The molecule has 3 aliphatic rings. The van der Waals surface area contributed by atoms with Crippen LogP contribution >= 0.6 is 0 Å². The van der Waals surface area contributed by atoms with E-state index in [0.717, 1.165) is 47.4 Å².